The fourth-order valence-electron chi connectivity index (χ4n) is 1.98. The third-order valence-corrected chi connectivity index (χ3v) is 3.10. The highest BCUT2D eigenvalue weighted by Crippen LogP contribution is 2.13. The van der Waals surface area contributed by atoms with E-state index in [-0.39, 0.29) is 6.54 Å². The van der Waals surface area contributed by atoms with Gasteiger partial charge in [-0.3, -0.25) is 10.1 Å². The molecule has 0 aliphatic heterocycles. The van der Waals surface area contributed by atoms with Gasteiger partial charge in [-0.2, -0.15) is 4.98 Å². The largest absolute Gasteiger partial charge is 0.480 e. The minimum atomic E-state index is -0.938. The fourth-order valence-corrected chi connectivity index (χ4v) is 1.98. The zero-order valence-electron chi connectivity index (χ0n) is 12.0. The highest BCUT2D eigenvalue weighted by molar-refractivity contribution is 5.75. The van der Waals surface area contributed by atoms with E-state index in [0.29, 0.717) is 17.3 Å². The number of aryl methyl sites for hydroxylation is 1. The number of benzene rings is 1. The Hall–Kier alpha value is -2.21. The van der Waals surface area contributed by atoms with Crippen LogP contribution in [0.25, 0.3) is 0 Å². The van der Waals surface area contributed by atoms with Crippen molar-refractivity contribution in [3.63, 3.8) is 0 Å². The molecular weight excluding hydrogens is 270 g/mol. The molecule has 0 spiro atoms. The van der Waals surface area contributed by atoms with E-state index in [1.54, 1.807) is 12.1 Å². The average molecular weight is 289 g/mol. The molecule has 2 N–H and O–H groups in total. The number of rotatable bonds is 8. The maximum absolute atomic E-state index is 11.3. The quantitative estimate of drug-likeness (QED) is 0.775. The molecule has 0 radical (unpaired) electrons. The molecule has 1 unspecified atom stereocenters. The van der Waals surface area contributed by atoms with Crippen LogP contribution in [0.1, 0.15) is 43.1 Å². The molecule has 2 rings (SSSR count). The van der Waals surface area contributed by atoms with Crippen molar-refractivity contribution in [1.82, 2.24) is 15.5 Å². The summed E-state index contributed by atoms with van der Waals surface area (Å²) in [5.41, 5.74) is 0.690. The number of carboxylic acids is 1. The monoisotopic (exact) mass is 289 g/mol. The highest BCUT2D eigenvalue weighted by Gasteiger charge is 2.19. The van der Waals surface area contributed by atoms with E-state index in [4.69, 9.17) is 4.52 Å². The first-order valence-corrected chi connectivity index (χ1v) is 7.03. The molecule has 1 aromatic carbocycles. The van der Waals surface area contributed by atoms with E-state index in [0.717, 1.165) is 19.3 Å². The van der Waals surface area contributed by atoms with Crippen LogP contribution < -0.4 is 5.32 Å². The van der Waals surface area contributed by atoms with Gasteiger partial charge in [-0.15, -0.1) is 0 Å². The third kappa shape index (κ3) is 4.39. The van der Waals surface area contributed by atoms with Gasteiger partial charge in [-0.05, 0) is 12.0 Å². The van der Waals surface area contributed by atoms with Crippen molar-refractivity contribution in [3.05, 3.63) is 47.6 Å². The number of carboxylic acid groups (broad SMARTS) is 1. The van der Waals surface area contributed by atoms with Crippen LogP contribution in [0.4, 0.5) is 0 Å². The number of hydrogen-bond acceptors (Lipinski definition) is 5. The minimum Gasteiger partial charge on any atom is -0.480 e. The maximum atomic E-state index is 11.3. The first kappa shape index (κ1) is 15.2. The second-order valence-corrected chi connectivity index (χ2v) is 4.77. The Kier molecular flexibility index (Phi) is 5.45. The van der Waals surface area contributed by atoms with Gasteiger partial charge >= 0.3 is 5.97 Å². The molecule has 0 saturated heterocycles. The summed E-state index contributed by atoms with van der Waals surface area (Å²) < 4.78 is 5.11. The van der Waals surface area contributed by atoms with E-state index < -0.39 is 12.0 Å². The second-order valence-electron chi connectivity index (χ2n) is 4.77. The normalized spacial score (nSPS) is 12.2. The van der Waals surface area contributed by atoms with Gasteiger partial charge in [0.1, 0.15) is 6.04 Å². The molecule has 6 heteroatoms. The second kappa shape index (κ2) is 7.54. The summed E-state index contributed by atoms with van der Waals surface area (Å²) in [7, 11) is 0. The van der Waals surface area contributed by atoms with Gasteiger partial charge in [-0.1, -0.05) is 48.8 Å². The van der Waals surface area contributed by atoms with Crippen LogP contribution in [0.2, 0.25) is 0 Å². The molecule has 0 aliphatic carbocycles. The predicted octanol–water partition coefficient (Wildman–Crippen LogP) is 2.33. The van der Waals surface area contributed by atoms with Gasteiger partial charge in [0, 0.05) is 6.42 Å². The third-order valence-electron chi connectivity index (χ3n) is 3.10. The van der Waals surface area contributed by atoms with Crippen LogP contribution in [0.15, 0.2) is 34.9 Å². The van der Waals surface area contributed by atoms with Crippen molar-refractivity contribution in [2.24, 2.45) is 0 Å². The number of hydrogen-bond donors (Lipinski definition) is 2. The molecule has 0 saturated carbocycles. The van der Waals surface area contributed by atoms with Crippen LogP contribution in [0, 0.1) is 0 Å². The molecule has 1 aromatic heterocycles. The summed E-state index contributed by atoms with van der Waals surface area (Å²) in [5, 5.41) is 16.1. The van der Waals surface area contributed by atoms with E-state index in [9.17, 15) is 9.90 Å². The number of nitrogens with one attached hydrogen (secondary N) is 1. The van der Waals surface area contributed by atoms with E-state index in [2.05, 4.69) is 22.4 Å². The molecule has 21 heavy (non-hydrogen) atoms. The first-order valence-electron chi connectivity index (χ1n) is 7.03. The first-order chi connectivity index (χ1) is 10.2. The molecular formula is C15H19N3O3. The summed E-state index contributed by atoms with van der Waals surface area (Å²) in [4.78, 5) is 15.6. The zero-order valence-corrected chi connectivity index (χ0v) is 12.0. The molecule has 0 amide bonds. The van der Waals surface area contributed by atoms with Gasteiger partial charge < -0.3 is 9.63 Å². The van der Waals surface area contributed by atoms with E-state index >= 15 is 0 Å². The molecule has 2 aromatic rings. The molecule has 6 nitrogen and oxygen atoms in total. The Bertz CT molecular complexity index is 569. The van der Waals surface area contributed by atoms with Crippen molar-refractivity contribution >= 4 is 5.97 Å². The van der Waals surface area contributed by atoms with Crippen molar-refractivity contribution in [3.8, 4) is 0 Å². The molecule has 0 fully saturated rings. The van der Waals surface area contributed by atoms with Crippen LogP contribution in [0.3, 0.4) is 0 Å². The summed E-state index contributed by atoms with van der Waals surface area (Å²) in [6, 6.07) is 8.21. The number of aliphatic carboxylic acids is 1. The van der Waals surface area contributed by atoms with Gasteiger partial charge in [0.2, 0.25) is 5.89 Å². The number of unbranched alkanes of at least 4 members (excludes halogenated alkanes) is 1. The van der Waals surface area contributed by atoms with Crippen LogP contribution in [-0.4, -0.2) is 21.2 Å². The Morgan fingerprint density at radius 2 is 2.14 bits per heavy atom. The van der Waals surface area contributed by atoms with Crippen molar-refractivity contribution in [1.29, 1.82) is 0 Å². The van der Waals surface area contributed by atoms with E-state index in [1.165, 1.54) is 0 Å². The standard InChI is InChI=1S/C15H19N3O3/c1-2-3-9-12-17-13(21-18-12)10-16-14(15(19)20)11-7-5-4-6-8-11/h4-8,14,16H,2-3,9-10H2,1H3,(H,19,20). The Balaban J connectivity index is 1.96. The summed E-state index contributed by atoms with van der Waals surface area (Å²) in [6.45, 7) is 2.32. The topological polar surface area (TPSA) is 88.2 Å². The lowest BCUT2D eigenvalue weighted by Crippen LogP contribution is -2.28. The van der Waals surface area contributed by atoms with Crippen molar-refractivity contribution in [2.45, 2.75) is 38.8 Å². The van der Waals surface area contributed by atoms with Crippen LogP contribution in [-0.2, 0) is 17.8 Å². The molecule has 112 valence electrons. The van der Waals surface area contributed by atoms with Crippen molar-refractivity contribution in [2.75, 3.05) is 0 Å². The van der Waals surface area contributed by atoms with Gasteiger partial charge in [0.15, 0.2) is 5.82 Å². The zero-order chi connectivity index (χ0) is 15.1. The van der Waals surface area contributed by atoms with Gasteiger partial charge in [0.05, 0.1) is 6.54 Å². The highest BCUT2D eigenvalue weighted by atomic mass is 16.5. The number of carbonyl (C=O) groups is 1. The van der Waals surface area contributed by atoms with Gasteiger partial charge in [-0.25, -0.2) is 0 Å². The van der Waals surface area contributed by atoms with Crippen LogP contribution in [0.5, 0.6) is 0 Å². The lowest BCUT2D eigenvalue weighted by molar-refractivity contribution is -0.139. The Labute approximate surface area is 123 Å². The number of aromatic nitrogens is 2. The predicted molar refractivity (Wildman–Crippen MR) is 76.6 cm³/mol. The average Bonchev–Trinajstić information content (AvgIpc) is 2.94. The Morgan fingerprint density at radius 3 is 2.81 bits per heavy atom. The fraction of sp³-hybridized carbons (Fsp3) is 0.400. The maximum Gasteiger partial charge on any atom is 0.325 e. The van der Waals surface area contributed by atoms with Crippen molar-refractivity contribution < 1.29 is 14.4 Å². The lowest BCUT2D eigenvalue weighted by Gasteiger charge is -2.13. The molecule has 1 heterocycles. The summed E-state index contributed by atoms with van der Waals surface area (Å²) in [5.74, 6) is 0.135. The van der Waals surface area contributed by atoms with E-state index in [1.807, 2.05) is 18.2 Å². The minimum absolute atomic E-state index is 0.227. The summed E-state index contributed by atoms with van der Waals surface area (Å²) in [6.07, 6.45) is 2.85. The smallest absolute Gasteiger partial charge is 0.325 e. The van der Waals surface area contributed by atoms with Crippen LogP contribution >= 0.6 is 0 Å². The molecule has 0 aliphatic rings. The van der Waals surface area contributed by atoms with Gasteiger partial charge in [0.25, 0.3) is 0 Å². The number of nitrogens with zero attached hydrogens (tertiary/aromatic N) is 2. The molecule has 0 bridgehead atoms. The molecule has 1 atom stereocenters. The Morgan fingerprint density at radius 1 is 1.38 bits per heavy atom. The summed E-state index contributed by atoms with van der Waals surface area (Å²) >= 11 is 0. The lowest BCUT2D eigenvalue weighted by atomic mass is 10.1. The SMILES string of the molecule is CCCCc1noc(CNC(C(=O)O)c2ccccc2)n1.